The van der Waals surface area contributed by atoms with Gasteiger partial charge in [0.1, 0.15) is 11.5 Å². The zero-order valence-electron chi connectivity index (χ0n) is 14.0. The van der Waals surface area contributed by atoms with E-state index in [2.05, 4.69) is 12.2 Å². The van der Waals surface area contributed by atoms with Gasteiger partial charge in [0.05, 0.1) is 19.8 Å². The molecule has 2 aromatic carbocycles. The normalized spacial score (nSPS) is 13.4. The highest BCUT2D eigenvalue weighted by molar-refractivity contribution is 5.31. The average Bonchev–Trinajstić information content (AvgIpc) is 2.60. The third kappa shape index (κ3) is 4.98. The first kappa shape index (κ1) is 17.3. The highest BCUT2D eigenvalue weighted by Gasteiger charge is 2.11. The van der Waals surface area contributed by atoms with Crippen molar-refractivity contribution in [1.82, 2.24) is 5.32 Å². The second kappa shape index (κ2) is 8.56. The van der Waals surface area contributed by atoms with Gasteiger partial charge in [0.25, 0.3) is 0 Å². The fourth-order valence-corrected chi connectivity index (χ4v) is 2.39. The smallest absolute Gasteiger partial charge is 0.119 e. The Balaban J connectivity index is 1.91. The second-order valence-electron chi connectivity index (χ2n) is 5.42. The Morgan fingerprint density at radius 3 is 2.43 bits per heavy atom. The molecule has 0 aliphatic carbocycles. The minimum Gasteiger partial charge on any atom is -0.497 e. The van der Waals surface area contributed by atoms with Gasteiger partial charge < -0.3 is 19.9 Å². The highest BCUT2D eigenvalue weighted by atomic mass is 16.5. The lowest BCUT2D eigenvalue weighted by Crippen LogP contribution is -2.24. The summed E-state index contributed by atoms with van der Waals surface area (Å²) in [6.07, 6.45) is -0.574. The minimum atomic E-state index is -0.574. The van der Waals surface area contributed by atoms with Crippen LogP contribution in [0.25, 0.3) is 0 Å². The monoisotopic (exact) mass is 315 g/mol. The number of hydrogen-bond acceptors (Lipinski definition) is 4. The summed E-state index contributed by atoms with van der Waals surface area (Å²) in [6.45, 7) is 5.19. The van der Waals surface area contributed by atoms with Crippen LogP contribution in [0.1, 0.15) is 37.1 Å². The van der Waals surface area contributed by atoms with Gasteiger partial charge in [-0.1, -0.05) is 24.3 Å². The van der Waals surface area contributed by atoms with Gasteiger partial charge in [-0.15, -0.1) is 0 Å². The number of hydrogen-bond donors (Lipinski definition) is 2. The SMILES string of the molecule is CCOc1ccc(C(C)NCC(O)c2cccc(OC)c2)cc1. The van der Waals surface area contributed by atoms with Crippen molar-refractivity contribution in [1.29, 1.82) is 0 Å². The Morgan fingerprint density at radius 1 is 1.04 bits per heavy atom. The number of aliphatic hydroxyl groups is 1. The summed E-state index contributed by atoms with van der Waals surface area (Å²) in [7, 11) is 1.62. The molecule has 2 unspecified atom stereocenters. The Morgan fingerprint density at radius 2 is 1.78 bits per heavy atom. The van der Waals surface area contributed by atoms with Crippen molar-refractivity contribution in [2.75, 3.05) is 20.3 Å². The number of ether oxygens (including phenoxy) is 2. The molecular formula is C19H25NO3. The molecule has 0 fully saturated rings. The molecule has 0 amide bonds. The molecule has 2 atom stereocenters. The molecule has 0 spiro atoms. The van der Waals surface area contributed by atoms with E-state index in [-0.39, 0.29) is 6.04 Å². The Labute approximate surface area is 138 Å². The van der Waals surface area contributed by atoms with Gasteiger partial charge in [-0.05, 0) is 49.2 Å². The highest BCUT2D eigenvalue weighted by Crippen LogP contribution is 2.21. The Hall–Kier alpha value is -2.04. The molecule has 0 aromatic heterocycles. The molecule has 0 aliphatic rings. The van der Waals surface area contributed by atoms with Gasteiger partial charge in [0, 0.05) is 12.6 Å². The fourth-order valence-electron chi connectivity index (χ4n) is 2.39. The maximum atomic E-state index is 10.3. The van der Waals surface area contributed by atoms with Crippen LogP contribution in [0, 0.1) is 0 Å². The van der Waals surface area contributed by atoms with Crippen molar-refractivity contribution in [3.8, 4) is 11.5 Å². The predicted molar refractivity (Wildman–Crippen MR) is 92.0 cm³/mol. The van der Waals surface area contributed by atoms with E-state index in [1.807, 2.05) is 55.5 Å². The number of benzene rings is 2. The van der Waals surface area contributed by atoms with Crippen LogP contribution < -0.4 is 14.8 Å². The summed E-state index contributed by atoms with van der Waals surface area (Å²) in [5, 5.41) is 13.7. The predicted octanol–water partition coefficient (Wildman–Crippen LogP) is 3.48. The van der Waals surface area contributed by atoms with Crippen LogP contribution in [-0.4, -0.2) is 25.4 Å². The van der Waals surface area contributed by atoms with Crippen molar-refractivity contribution in [3.63, 3.8) is 0 Å². The summed E-state index contributed by atoms with van der Waals surface area (Å²) in [5.41, 5.74) is 2.00. The zero-order valence-corrected chi connectivity index (χ0v) is 14.0. The van der Waals surface area contributed by atoms with Gasteiger partial charge in [-0.25, -0.2) is 0 Å². The Bertz CT molecular complexity index is 598. The molecule has 0 bridgehead atoms. The average molecular weight is 315 g/mol. The molecule has 0 saturated heterocycles. The topological polar surface area (TPSA) is 50.7 Å². The van der Waals surface area contributed by atoms with E-state index in [1.54, 1.807) is 7.11 Å². The van der Waals surface area contributed by atoms with Crippen LogP contribution in [0.3, 0.4) is 0 Å². The van der Waals surface area contributed by atoms with E-state index in [0.29, 0.717) is 13.2 Å². The largest absolute Gasteiger partial charge is 0.497 e. The Kier molecular flexibility index (Phi) is 6.44. The van der Waals surface area contributed by atoms with Crippen LogP contribution in [0.2, 0.25) is 0 Å². The molecule has 2 aromatic rings. The van der Waals surface area contributed by atoms with Crippen LogP contribution >= 0.6 is 0 Å². The summed E-state index contributed by atoms with van der Waals surface area (Å²) in [5.74, 6) is 1.63. The third-order valence-electron chi connectivity index (χ3n) is 3.79. The van der Waals surface area contributed by atoms with E-state index >= 15 is 0 Å². The van der Waals surface area contributed by atoms with E-state index < -0.39 is 6.10 Å². The lowest BCUT2D eigenvalue weighted by atomic mass is 10.1. The lowest BCUT2D eigenvalue weighted by molar-refractivity contribution is 0.170. The zero-order chi connectivity index (χ0) is 16.7. The fraction of sp³-hybridized carbons (Fsp3) is 0.368. The van der Waals surface area contributed by atoms with Gasteiger partial charge in [0.2, 0.25) is 0 Å². The van der Waals surface area contributed by atoms with Crippen LogP contribution in [0.15, 0.2) is 48.5 Å². The molecule has 4 heteroatoms. The lowest BCUT2D eigenvalue weighted by Gasteiger charge is -2.18. The van der Waals surface area contributed by atoms with E-state index in [4.69, 9.17) is 9.47 Å². The van der Waals surface area contributed by atoms with Crippen molar-refractivity contribution in [3.05, 3.63) is 59.7 Å². The first-order valence-corrected chi connectivity index (χ1v) is 7.92. The molecule has 124 valence electrons. The quantitative estimate of drug-likeness (QED) is 0.783. The van der Waals surface area contributed by atoms with Crippen LogP contribution in [-0.2, 0) is 0 Å². The molecular weight excluding hydrogens is 290 g/mol. The maximum absolute atomic E-state index is 10.3. The third-order valence-corrected chi connectivity index (χ3v) is 3.79. The van der Waals surface area contributed by atoms with E-state index in [1.165, 1.54) is 0 Å². The van der Waals surface area contributed by atoms with E-state index in [9.17, 15) is 5.11 Å². The number of aliphatic hydroxyl groups excluding tert-OH is 1. The number of rotatable bonds is 8. The molecule has 0 saturated carbocycles. The van der Waals surface area contributed by atoms with E-state index in [0.717, 1.165) is 22.6 Å². The van der Waals surface area contributed by atoms with Gasteiger partial charge in [-0.3, -0.25) is 0 Å². The molecule has 2 N–H and O–H groups in total. The molecule has 4 nitrogen and oxygen atoms in total. The summed E-state index contributed by atoms with van der Waals surface area (Å²) in [6, 6.07) is 15.7. The molecule has 0 aliphatic heterocycles. The van der Waals surface area contributed by atoms with Gasteiger partial charge in [-0.2, -0.15) is 0 Å². The van der Waals surface area contributed by atoms with Crippen LogP contribution in [0.4, 0.5) is 0 Å². The van der Waals surface area contributed by atoms with Crippen molar-refractivity contribution in [2.45, 2.75) is 26.0 Å². The summed E-state index contributed by atoms with van der Waals surface area (Å²) >= 11 is 0. The molecule has 2 rings (SSSR count). The van der Waals surface area contributed by atoms with Gasteiger partial charge in [0.15, 0.2) is 0 Å². The molecule has 23 heavy (non-hydrogen) atoms. The molecule has 0 heterocycles. The maximum Gasteiger partial charge on any atom is 0.119 e. The van der Waals surface area contributed by atoms with Crippen molar-refractivity contribution in [2.24, 2.45) is 0 Å². The number of methoxy groups -OCH3 is 1. The summed E-state index contributed by atoms with van der Waals surface area (Å²) in [4.78, 5) is 0. The summed E-state index contributed by atoms with van der Waals surface area (Å²) < 4.78 is 10.6. The van der Waals surface area contributed by atoms with Gasteiger partial charge >= 0.3 is 0 Å². The standard InChI is InChI=1S/C19H25NO3/c1-4-23-17-10-8-15(9-11-17)14(2)20-13-19(21)16-6-5-7-18(12-16)22-3/h5-12,14,19-21H,4,13H2,1-3H3. The first-order chi connectivity index (χ1) is 11.1. The van der Waals surface area contributed by atoms with Crippen molar-refractivity contribution < 1.29 is 14.6 Å². The molecule has 0 radical (unpaired) electrons. The minimum absolute atomic E-state index is 0.144. The van der Waals surface area contributed by atoms with Crippen molar-refractivity contribution >= 4 is 0 Å². The number of nitrogens with one attached hydrogen (secondary N) is 1. The second-order valence-corrected chi connectivity index (χ2v) is 5.42. The van der Waals surface area contributed by atoms with Crippen LogP contribution in [0.5, 0.6) is 11.5 Å². The first-order valence-electron chi connectivity index (χ1n) is 7.92.